The quantitative estimate of drug-likeness (QED) is 0.372. The van der Waals surface area contributed by atoms with Crippen LogP contribution in [0.5, 0.6) is 0 Å². The van der Waals surface area contributed by atoms with Gasteiger partial charge in [-0.15, -0.1) is 5.10 Å². The lowest BCUT2D eigenvalue weighted by atomic mass is 9.59. The van der Waals surface area contributed by atoms with Gasteiger partial charge in [0, 0.05) is 23.9 Å². The molecule has 138 valence electrons. The molecule has 4 rings (SSSR count). The van der Waals surface area contributed by atoms with Gasteiger partial charge in [0.1, 0.15) is 11.7 Å². The highest BCUT2D eigenvalue weighted by Crippen LogP contribution is 2.51. The van der Waals surface area contributed by atoms with Crippen LogP contribution in [-0.2, 0) is 0 Å². The third-order valence-corrected chi connectivity index (χ3v) is 5.90. The molecule has 4 heteroatoms. The molecule has 0 amide bonds. The Morgan fingerprint density at radius 2 is 1.52 bits per heavy atom. The summed E-state index contributed by atoms with van der Waals surface area (Å²) in [4.78, 5) is 1.94. The highest BCUT2D eigenvalue weighted by atomic mass is 19.1. The average Bonchev–Trinajstić information content (AvgIpc) is 2.69. The van der Waals surface area contributed by atoms with Crippen molar-refractivity contribution in [3.8, 4) is 0 Å². The highest BCUT2D eigenvalue weighted by Gasteiger charge is 2.42. The molecule has 0 spiro atoms. The second kappa shape index (κ2) is 8.59. The number of fused-ring (bicyclic) bond motifs is 3. The standard InChI is InChI=1S/C19H26FN3.C2H6/c1-14(19-11-8-16(9-12-19)10-13-19)21-22-15(2)23(3)18-6-4-17(20)5-7-18;1-2/h4-7,16H,8-13H2,1-3H3;1-2H3/b21-14+,22-15+;. The summed E-state index contributed by atoms with van der Waals surface area (Å²) < 4.78 is 13.0. The zero-order valence-electron chi connectivity index (χ0n) is 16.3. The number of hydrogen-bond acceptors (Lipinski definition) is 2. The van der Waals surface area contributed by atoms with E-state index in [1.807, 2.05) is 32.7 Å². The monoisotopic (exact) mass is 345 g/mol. The molecular formula is C21H32FN3. The summed E-state index contributed by atoms with van der Waals surface area (Å²) in [5.74, 6) is 1.55. The van der Waals surface area contributed by atoms with Crippen molar-refractivity contribution in [2.75, 3.05) is 11.9 Å². The summed E-state index contributed by atoms with van der Waals surface area (Å²) in [7, 11) is 1.93. The Labute approximate surface area is 152 Å². The number of rotatable bonds is 3. The van der Waals surface area contributed by atoms with Gasteiger partial charge in [-0.25, -0.2) is 4.39 Å². The molecule has 0 saturated heterocycles. The molecule has 3 aliphatic carbocycles. The molecule has 1 aromatic rings. The lowest BCUT2D eigenvalue weighted by molar-refractivity contribution is 0.127. The van der Waals surface area contributed by atoms with Gasteiger partial charge in [-0.2, -0.15) is 5.10 Å². The van der Waals surface area contributed by atoms with Crippen molar-refractivity contribution in [3.05, 3.63) is 30.1 Å². The van der Waals surface area contributed by atoms with Crippen LogP contribution in [0.4, 0.5) is 10.1 Å². The Hall–Kier alpha value is -1.71. The van der Waals surface area contributed by atoms with Gasteiger partial charge >= 0.3 is 0 Å². The topological polar surface area (TPSA) is 28.0 Å². The van der Waals surface area contributed by atoms with Gasteiger partial charge in [-0.3, -0.25) is 0 Å². The van der Waals surface area contributed by atoms with E-state index in [0.717, 1.165) is 17.4 Å². The number of anilines is 1. The van der Waals surface area contributed by atoms with Crippen molar-refractivity contribution in [2.24, 2.45) is 21.5 Å². The number of nitrogens with zero attached hydrogens (tertiary/aromatic N) is 3. The van der Waals surface area contributed by atoms with Gasteiger partial charge in [0.25, 0.3) is 0 Å². The van der Waals surface area contributed by atoms with E-state index in [4.69, 9.17) is 0 Å². The van der Waals surface area contributed by atoms with Crippen LogP contribution in [0.2, 0.25) is 0 Å². The highest BCUT2D eigenvalue weighted by molar-refractivity contribution is 5.96. The number of halogens is 1. The van der Waals surface area contributed by atoms with Gasteiger partial charge in [-0.1, -0.05) is 13.8 Å². The fourth-order valence-corrected chi connectivity index (χ4v) is 3.96. The Balaban J connectivity index is 0.00000109. The number of amidine groups is 1. The second-order valence-corrected chi connectivity index (χ2v) is 7.13. The Morgan fingerprint density at radius 3 is 2.04 bits per heavy atom. The van der Waals surface area contributed by atoms with Gasteiger partial charge in [0.2, 0.25) is 0 Å². The van der Waals surface area contributed by atoms with Gasteiger partial charge in [0.05, 0.1) is 0 Å². The summed E-state index contributed by atoms with van der Waals surface area (Å²) in [6.45, 7) is 8.08. The van der Waals surface area contributed by atoms with Crippen molar-refractivity contribution < 1.29 is 4.39 Å². The second-order valence-electron chi connectivity index (χ2n) is 7.13. The third kappa shape index (κ3) is 4.47. The molecule has 0 aromatic heterocycles. The lowest BCUT2D eigenvalue weighted by Gasteiger charge is -2.46. The van der Waals surface area contributed by atoms with Crippen molar-refractivity contribution in [2.45, 2.75) is 66.2 Å². The first-order chi connectivity index (χ1) is 12.0. The molecule has 25 heavy (non-hydrogen) atoms. The fourth-order valence-electron chi connectivity index (χ4n) is 3.96. The Morgan fingerprint density at radius 1 is 1.00 bits per heavy atom. The molecule has 3 saturated carbocycles. The van der Waals surface area contributed by atoms with Gasteiger partial charge in [0.15, 0.2) is 0 Å². The van der Waals surface area contributed by atoms with Crippen molar-refractivity contribution >= 4 is 17.2 Å². The third-order valence-electron chi connectivity index (χ3n) is 5.90. The van der Waals surface area contributed by atoms with Gasteiger partial charge < -0.3 is 4.90 Å². The van der Waals surface area contributed by atoms with Crippen molar-refractivity contribution in [1.82, 2.24) is 0 Å². The van der Waals surface area contributed by atoms with Crippen LogP contribution in [0, 0.1) is 17.2 Å². The first-order valence-corrected chi connectivity index (χ1v) is 9.59. The average molecular weight is 346 g/mol. The molecule has 0 N–H and O–H groups in total. The maximum Gasteiger partial charge on any atom is 0.128 e. The van der Waals surface area contributed by atoms with E-state index < -0.39 is 0 Å². The largest absolute Gasteiger partial charge is 0.332 e. The minimum atomic E-state index is -0.224. The van der Waals surface area contributed by atoms with Crippen LogP contribution >= 0.6 is 0 Å². The van der Waals surface area contributed by atoms with Crippen LogP contribution in [0.1, 0.15) is 66.2 Å². The Kier molecular flexibility index (Phi) is 6.74. The predicted molar refractivity (Wildman–Crippen MR) is 106 cm³/mol. The van der Waals surface area contributed by atoms with E-state index >= 15 is 0 Å². The maximum atomic E-state index is 13.0. The van der Waals surface area contributed by atoms with Gasteiger partial charge in [-0.05, 0) is 82.6 Å². The summed E-state index contributed by atoms with van der Waals surface area (Å²) in [6.07, 6.45) is 7.88. The molecule has 0 atom stereocenters. The summed E-state index contributed by atoms with van der Waals surface area (Å²) in [5.41, 5.74) is 2.40. The molecular weight excluding hydrogens is 313 g/mol. The van der Waals surface area contributed by atoms with E-state index in [1.165, 1.54) is 56.4 Å². The molecule has 2 bridgehead atoms. The first-order valence-electron chi connectivity index (χ1n) is 9.59. The molecule has 0 radical (unpaired) electrons. The lowest BCUT2D eigenvalue weighted by Crippen LogP contribution is -2.39. The molecule has 3 fully saturated rings. The normalized spacial score (nSPS) is 26.1. The smallest absolute Gasteiger partial charge is 0.128 e. The van der Waals surface area contributed by atoms with Crippen LogP contribution in [0.15, 0.2) is 34.5 Å². The SMILES string of the molecule is C/C(=N\N=C(/C)C12CCC(CC1)CC2)N(C)c1ccc(F)cc1.CC. The van der Waals surface area contributed by atoms with E-state index in [2.05, 4.69) is 17.1 Å². The zero-order valence-corrected chi connectivity index (χ0v) is 16.3. The zero-order chi connectivity index (χ0) is 18.4. The molecule has 0 unspecified atom stereocenters. The van der Waals surface area contributed by atoms with Crippen LogP contribution in [-0.4, -0.2) is 18.6 Å². The minimum Gasteiger partial charge on any atom is -0.332 e. The van der Waals surface area contributed by atoms with E-state index in [1.54, 1.807) is 12.1 Å². The van der Waals surface area contributed by atoms with E-state index in [0.29, 0.717) is 5.41 Å². The molecule has 0 heterocycles. The van der Waals surface area contributed by atoms with Crippen LogP contribution in [0.3, 0.4) is 0 Å². The summed E-state index contributed by atoms with van der Waals surface area (Å²) in [6, 6.07) is 6.44. The van der Waals surface area contributed by atoms with Crippen LogP contribution in [0.25, 0.3) is 0 Å². The summed E-state index contributed by atoms with van der Waals surface area (Å²) in [5, 5.41) is 9.01. The molecule has 0 aliphatic heterocycles. The maximum absolute atomic E-state index is 13.0. The predicted octanol–water partition coefficient (Wildman–Crippen LogP) is 6.05. The van der Waals surface area contributed by atoms with Crippen molar-refractivity contribution in [1.29, 1.82) is 0 Å². The number of benzene rings is 1. The molecule has 3 aliphatic rings. The van der Waals surface area contributed by atoms with E-state index in [9.17, 15) is 4.39 Å². The fraction of sp³-hybridized carbons (Fsp3) is 0.619. The number of hydrogen-bond donors (Lipinski definition) is 0. The minimum absolute atomic E-state index is 0.224. The first kappa shape index (κ1) is 19.6. The van der Waals surface area contributed by atoms with Crippen LogP contribution < -0.4 is 4.90 Å². The molecule has 3 nitrogen and oxygen atoms in total. The molecule has 1 aromatic carbocycles. The van der Waals surface area contributed by atoms with Crippen molar-refractivity contribution in [3.63, 3.8) is 0 Å². The Bertz CT molecular complexity index is 597. The van der Waals surface area contributed by atoms with E-state index in [-0.39, 0.29) is 5.82 Å². The summed E-state index contributed by atoms with van der Waals surface area (Å²) >= 11 is 0.